The summed E-state index contributed by atoms with van der Waals surface area (Å²) in [6.45, 7) is 3.61. The number of hydrogen-bond donors (Lipinski definition) is 0. The fourth-order valence-electron chi connectivity index (χ4n) is 1.51. The lowest BCUT2D eigenvalue weighted by Gasteiger charge is -2.20. The van der Waals surface area contributed by atoms with E-state index >= 15 is 0 Å². The van der Waals surface area contributed by atoms with Gasteiger partial charge in [-0.2, -0.15) is 8.78 Å². The lowest BCUT2D eigenvalue weighted by atomic mass is 10.0. The molecule has 17 heavy (non-hydrogen) atoms. The van der Waals surface area contributed by atoms with Gasteiger partial charge in [-0.15, -0.1) is 0 Å². The second-order valence-electron chi connectivity index (χ2n) is 4.64. The minimum absolute atomic E-state index is 0.00454. The van der Waals surface area contributed by atoms with Crippen LogP contribution in [-0.4, -0.2) is 24.4 Å². The van der Waals surface area contributed by atoms with E-state index in [1.165, 1.54) is 0 Å². The van der Waals surface area contributed by atoms with Crippen LogP contribution in [0.2, 0.25) is 0 Å². The number of halogens is 2. The molecule has 0 saturated heterocycles. The van der Waals surface area contributed by atoms with E-state index in [0.29, 0.717) is 12.8 Å². The van der Waals surface area contributed by atoms with Gasteiger partial charge < -0.3 is 4.74 Å². The molecule has 0 aliphatic heterocycles. The predicted octanol–water partition coefficient (Wildman–Crippen LogP) is 2.81. The molecule has 2 nitrogen and oxygen atoms in total. The maximum atomic E-state index is 13.0. The van der Waals surface area contributed by atoms with Crippen LogP contribution >= 0.6 is 0 Å². The summed E-state index contributed by atoms with van der Waals surface area (Å²) in [7, 11) is 0. The van der Waals surface area contributed by atoms with E-state index in [9.17, 15) is 13.6 Å². The standard InChI is InChI=1S/C13H18F2O2/c1-10(2)12(16)9-17-11-5-3-4-7-13(14,15)8-6-11/h10-11H,3,5-6,8-9H2,1-2H3. The van der Waals surface area contributed by atoms with Gasteiger partial charge in [0, 0.05) is 18.8 Å². The molecular weight excluding hydrogens is 226 g/mol. The summed E-state index contributed by atoms with van der Waals surface area (Å²) in [6, 6.07) is 0. The molecule has 1 aliphatic carbocycles. The zero-order valence-electron chi connectivity index (χ0n) is 10.3. The van der Waals surface area contributed by atoms with Gasteiger partial charge in [0.2, 0.25) is 0 Å². The molecule has 96 valence electrons. The second kappa shape index (κ2) is 6.11. The van der Waals surface area contributed by atoms with Crippen molar-refractivity contribution < 1.29 is 18.3 Å². The third-order valence-corrected chi connectivity index (χ3v) is 2.75. The summed E-state index contributed by atoms with van der Waals surface area (Å²) in [5.41, 5.74) is 0. The van der Waals surface area contributed by atoms with Crippen LogP contribution in [0.25, 0.3) is 0 Å². The van der Waals surface area contributed by atoms with E-state index in [0.717, 1.165) is 0 Å². The summed E-state index contributed by atoms with van der Waals surface area (Å²) in [5, 5.41) is 0. The molecule has 0 heterocycles. The Morgan fingerprint density at radius 2 is 2.18 bits per heavy atom. The fourth-order valence-corrected chi connectivity index (χ4v) is 1.51. The van der Waals surface area contributed by atoms with Gasteiger partial charge in [-0.3, -0.25) is 4.79 Å². The molecule has 0 N–H and O–H groups in total. The van der Waals surface area contributed by atoms with Gasteiger partial charge >= 0.3 is 5.92 Å². The van der Waals surface area contributed by atoms with Crippen LogP contribution in [0.5, 0.6) is 0 Å². The first kappa shape index (κ1) is 14.1. The van der Waals surface area contributed by atoms with E-state index < -0.39 is 5.92 Å². The molecule has 0 radical (unpaired) electrons. The topological polar surface area (TPSA) is 26.3 Å². The average molecular weight is 244 g/mol. The third kappa shape index (κ3) is 5.27. The summed E-state index contributed by atoms with van der Waals surface area (Å²) < 4.78 is 31.5. The molecule has 1 unspecified atom stereocenters. The SMILES string of the molecule is CC(C)C(=O)COC1CCC#CC(F)(F)CC1. The number of carbonyl (C=O) groups excluding carboxylic acids is 1. The van der Waals surface area contributed by atoms with Gasteiger partial charge in [0.05, 0.1) is 6.10 Å². The maximum Gasteiger partial charge on any atom is 0.308 e. The first-order chi connectivity index (χ1) is 7.91. The van der Waals surface area contributed by atoms with E-state index in [1.54, 1.807) is 13.8 Å². The molecule has 1 atom stereocenters. The van der Waals surface area contributed by atoms with Crippen molar-refractivity contribution in [3.05, 3.63) is 0 Å². The largest absolute Gasteiger partial charge is 0.370 e. The molecule has 1 aliphatic rings. The number of ketones is 1. The first-order valence-electron chi connectivity index (χ1n) is 5.93. The van der Waals surface area contributed by atoms with Crippen LogP contribution in [-0.2, 0) is 9.53 Å². The van der Waals surface area contributed by atoms with Crippen molar-refractivity contribution >= 4 is 5.78 Å². The highest BCUT2D eigenvalue weighted by Gasteiger charge is 2.28. The van der Waals surface area contributed by atoms with Crippen molar-refractivity contribution in [2.45, 2.75) is 51.6 Å². The Balaban J connectivity index is 2.41. The fraction of sp³-hybridized carbons (Fsp3) is 0.769. The van der Waals surface area contributed by atoms with E-state index in [-0.39, 0.29) is 37.3 Å². The molecule has 0 amide bonds. The Kier molecular flexibility index (Phi) is 5.07. The minimum atomic E-state index is -2.91. The quantitative estimate of drug-likeness (QED) is 0.711. The van der Waals surface area contributed by atoms with Crippen LogP contribution in [0.1, 0.15) is 39.5 Å². The highest BCUT2D eigenvalue weighted by atomic mass is 19.3. The number of alkyl halides is 2. The van der Waals surface area contributed by atoms with Crippen molar-refractivity contribution in [1.82, 2.24) is 0 Å². The van der Waals surface area contributed by atoms with Gasteiger partial charge in [0.1, 0.15) is 6.61 Å². The van der Waals surface area contributed by atoms with Crippen LogP contribution in [0.4, 0.5) is 8.78 Å². The van der Waals surface area contributed by atoms with Gasteiger partial charge in [-0.05, 0) is 18.8 Å². The monoisotopic (exact) mass is 244 g/mol. The number of carbonyl (C=O) groups is 1. The number of hydrogen-bond acceptors (Lipinski definition) is 2. The maximum absolute atomic E-state index is 13.0. The van der Waals surface area contributed by atoms with Crippen molar-refractivity contribution in [2.24, 2.45) is 5.92 Å². The van der Waals surface area contributed by atoms with Crippen molar-refractivity contribution in [2.75, 3.05) is 6.61 Å². The molecule has 0 aromatic heterocycles. The first-order valence-corrected chi connectivity index (χ1v) is 5.93. The smallest absolute Gasteiger partial charge is 0.308 e. The number of Topliss-reactive ketones (excluding diaryl/α,β-unsaturated/α-hetero) is 1. The van der Waals surface area contributed by atoms with Crippen LogP contribution in [0, 0.1) is 17.8 Å². The van der Waals surface area contributed by atoms with Gasteiger partial charge in [-0.1, -0.05) is 19.8 Å². The molecule has 0 aromatic rings. The van der Waals surface area contributed by atoms with Crippen molar-refractivity contribution in [3.8, 4) is 11.8 Å². The molecular formula is C13H18F2O2. The summed E-state index contributed by atoms with van der Waals surface area (Å²) >= 11 is 0. The van der Waals surface area contributed by atoms with E-state index in [4.69, 9.17) is 4.74 Å². The van der Waals surface area contributed by atoms with Crippen molar-refractivity contribution in [3.63, 3.8) is 0 Å². The molecule has 0 spiro atoms. The number of ether oxygens (including phenoxy) is 1. The zero-order chi connectivity index (χ0) is 12.9. The summed E-state index contributed by atoms with van der Waals surface area (Å²) in [6.07, 6.45) is 0.705. The van der Waals surface area contributed by atoms with Gasteiger partial charge in [-0.25, -0.2) is 0 Å². The summed E-state index contributed by atoms with van der Waals surface area (Å²) in [4.78, 5) is 11.4. The molecule has 4 heteroatoms. The normalized spacial score (nSPS) is 23.5. The number of rotatable bonds is 4. The zero-order valence-corrected chi connectivity index (χ0v) is 10.3. The Morgan fingerprint density at radius 3 is 2.82 bits per heavy atom. The van der Waals surface area contributed by atoms with E-state index in [1.807, 2.05) is 5.92 Å². The Bertz CT molecular complexity index is 326. The Morgan fingerprint density at radius 1 is 1.47 bits per heavy atom. The van der Waals surface area contributed by atoms with Crippen LogP contribution in [0.3, 0.4) is 0 Å². The van der Waals surface area contributed by atoms with Crippen LogP contribution < -0.4 is 0 Å². The average Bonchev–Trinajstić information content (AvgIpc) is 2.23. The van der Waals surface area contributed by atoms with E-state index in [2.05, 4.69) is 5.92 Å². The predicted molar refractivity (Wildman–Crippen MR) is 60.8 cm³/mol. The van der Waals surface area contributed by atoms with Crippen molar-refractivity contribution in [1.29, 1.82) is 0 Å². The lowest BCUT2D eigenvalue weighted by Crippen LogP contribution is -2.25. The molecule has 0 fully saturated rings. The molecule has 0 bridgehead atoms. The molecule has 0 aromatic carbocycles. The molecule has 0 saturated carbocycles. The van der Waals surface area contributed by atoms with Gasteiger partial charge in [0.25, 0.3) is 0 Å². The second-order valence-corrected chi connectivity index (χ2v) is 4.64. The minimum Gasteiger partial charge on any atom is -0.370 e. The summed E-state index contributed by atoms with van der Waals surface area (Å²) in [5.74, 6) is 1.42. The Hall–Kier alpha value is -0.950. The van der Waals surface area contributed by atoms with Gasteiger partial charge in [0.15, 0.2) is 5.78 Å². The highest BCUT2D eigenvalue weighted by molar-refractivity contribution is 5.81. The lowest BCUT2D eigenvalue weighted by molar-refractivity contribution is -0.129. The third-order valence-electron chi connectivity index (χ3n) is 2.75. The van der Waals surface area contributed by atoms with Crippen LogP contribution in [0.15, 0.2) is 0 Å². The molecule has 1 rings (SSSR count). The highest BCUT2D eigenvalue weighted by Crippen LogP contribution is 2.24. The Labute approximate surface area is 101 Å².